The molecule has 1 aromatic rings. The molecule has 1 heterocycles. The third-order valence-electron chi connectivity index (χ3n) is 3.19. The third kappa shape index (κ3) is 3.06. The van der Waals surface area contributed by atoms with E-state index in [2.05, 4.69) is 0 Å². The second-order valence-corrected chi connectivity index (χ2v) is 4.55. The number of hydrogen-bond donors (Lipinski definition) is 0. The molecule has 0 saturated carbocycles. The highest BCUT2D eigenvalue weighted by Gasteiger charge is 2.17. The Morgan fingerprint density at radius 3 is 2.67 bits per heavy atom. The number of piperidine rings is 1. The van der Waals surface area contributed by atoms with Gasteiger partial charge in [-0.1, -0.05) is 12.1 Å². The van der Waals surface area contributed by atoms with Gasteiger partial charge >= 0.3 is 0 Å². The summed E-state index contributed by atoms with van der Waals surface area (Å²) in [5.41, 5.74) is 0.749. The molecule has 1 fully saturated rings. The Morgan fingerprint density at radius 1 is 1.28 bits per heavy atom. The Labute approximate surface area is 106 Å². The van der Waals surface area contributed by atoms with Gasteiger partial charge in [0.05, 0.1) is 11.3 Å². The van der Waals surface area contributed by atoms with Crippen molar-refractivity contribution in [1.82, 2.24) is 4.90 Å². The van der Waals surface area contributed by atoms with Gasteiger partial charge in [0.2, 0.25) is 5.91 Å². The highest BCUT2D eigenvalue weighted by molar-refractivity contribution is 5.79. The first kappa shape index (κ1) is 12.5. The summed E-state index contributed by atoms with van der Waals surface area (Å²) in [7, 11) is 0. The van der Waals surface area contributed by atoms with Crippen LogP contribution in [-0.4, -0.2) is 28.8 Å². The van der Waals surface area contributed by atoms with E-state index >= 15 is 0 Å². The number of rotatable bonds is 3. The number of nitrogens with zero attached hydrogens (tertiary/aromatic N) is 2. The topological polar surface area (TPSA) is 63.4 Å². The number of hydrogen-bond acceptors (Lipinski definition) is 3. The smallest absolute Gasteiger partial charge is 0.269 e. The fraction of sp³-hybridized carbons (Fsp3) is 0.462. The molecule has 1 aliphatic heterocycles. The Hall–Kier alpha value is -1.91. The normalized spacial score (nSPS) is 15.4. The predicted molar refractivity (Wildman–Crippen MR) is 67.2 cm³/mol. The van der Waals surface area contributed by atoms with Crippen LogP contribution >= 0.6 is 0 Å². The lowest BCUT2D eigenvalue weighted by Crippen LogP contribution is -2.36. The molecular formula is C13H16N2O3. The summed E-state index contributed by atoms with van der Waals surface area (Å²) in [5, 5.41) is 10.7. The SMILES string of the molecule is O=C(Cc1cccc([N+](=O)[O-])c1)N1CCCCC1. The fourth-order valence-electron chi connectivity index (χ4n) is 2.21. The second kappa shape index (κ2) is 5.62. The lowest BCUT2D eigenvalue weighted by atomic mass is 10.1. The first-order valence-electron chi connectivity index (χ1n) is 6.18. The van der Waals surface area contributed by atoms with Crippen LogP contribution in [0.3, 0.4) is 0 Å². The lowest BCUT2D eigenvalue weighted by Gasteiger charge is -2.26. The molecule has 0 unspecified atom stereocenters. The molecule has 1 amide bonds. The minimum atomic E-state index is -0.436. The molecule has 0 aromatic heterocycles. The zero-order valence-corrected chi connectivity index (χ0v) is 10.2. The van der Waals surface area contributed by atoms with E-state index in [4.69, 9.17) is 0 Å². The highest BCUT2D eigenvalue weighted by atomic mass is 16.6. The van der Waals surface area contributed by atoms with E-state index in [0.29, 0.717) is 5.56 Å². The van der Waals surface area contributed by atoms with Crippen LogP contribution in [0, 0.1) is 10.1 Å². The van der Waals surface area contributed by atoms with Crippen LogP contribution in [0.4, 0.5) is 5.69 Å². The molecule has 1 aliphatic rings. The molecule has 0 spiro atoms. The second-order valence-electron chi connectivity index (χ2n) is 4.55. The van der Waals surface area contributed by atoms with Gasteiger partial charge in [0.15, 0.2) is 0 Å². The van der Waals surface area contributed by atoms with Gasteiger partial charge in [-0.25, -0.2) is 0 Å². The summed E-state index contributed by atoms with van der Waals surface area (Å²) in [6.45, 7) is 1.63. The molecule has 1 saturated heterocycles. The molecule has 0 N–H and O–H groups in total. The van der Waals surface area contributed by atoms with Crippen LogP contribution in [0.15, 0.2) is 24.3 Å². The number of non-ortho nitro benzene ring substituents is 1. The van der Waals surface area contributed by atoms with Crippen LogP contribution in [-0.2, 0) is 11.2 Å². The van der Waals surface area contributed by atoms with Gasteiger partial charge in [-0.2, -0.15) is 0 Å². The van der Waals surface area contributed by atoms with E-state index in [9.17, 15) is 14.9 Å². The molecule has 5 nitrogen and oxygen atoms in total. The van der Waals surface area contributed by atoms with Crippen LogP contribution in [0.1, 0.15) is 24.8 Å². The summed E-state index contributed by atoms with van der Waals surface area (Å²) in [4.78, 5) is 24.1. The van der Waals surface area contributed by atoms with Crippen molar-refractivity contribution in [1.29, 1.82) is 0 Å². The van der Waals surface area contributed by atoms with Gasteiger partial charge in [-0.3, -0.25) is 14.9 Å². The zero-order valence-electron chi connectivity index (χ0n) is 10.2. The van der Waals surface area contributed by atoms with Crippen molar-refractivity contribution in [3.8, 4) is 0 Å². The molecule has 0 radical (unpaired) electrons. The molecule has 96 valence electrons. The fourth-order valence-corrected chi connectivity index (χ4v) is 2.21. The first-order valence-corrected chi connectivity index (χ1v) is 6.18. The average Bonchev–Trinajstić information content (AvgIpc) is 2.40. The van der Waals surface area contributed by atoms with E-state index in [1.165, 1.54) is 18.6 Å². The van der Waals surface area contributed by atoms with Crippen LogP contribution < -0.4 is 0 Å². The monoisotopic (exact) mass is 248 g/mol. The summed E-state index contributed by atoms with van der Waals surface area (Å²) < 4.78 is 0. The zero-order chi connectivity index (χ0) is 13.0. The average molecular weight is 248 g/mol. The predicted octanol–water partition coefficient (Wildman–Crippen LogP) is 2.15. The van der Waals surface area contributed by atoms with Crippen molar-refractivity contribution in [2.45, 2.75) is 25.7 Å². The van der Waals surface area contributed by atoms with Gasteiger partial charge in [0.25, 0.3) is 5.69 Å². The molecule has 0 atom stereocenters. The number of amides is 1. The van der Waals surface area contributed by atoms with Gasteiger partial charge in [0, 0.05) is 25.2 Å². The Bertz CT molecular complexity index is 453. The van der Waals surface area contributed by atoms with Gasteiger partial charge < -0.3 is 4.90 Å². The van der Waals surface area contributed by atoms with E-state index in [1.54, 1.807) is 12.1 Å². The molecule has 5 heteroatoms. The van der Waals surface area contributed by atoms with Crippen molar-refractivity contribution in [2.24, 2.45) is 0 Å². The van der Waals surface area contributed by atoms with Crippen molar-refractivity contribution < 1.29 is 9.72 Å². The minimum absolute atomic E-state index is 0.0407. The van der Waals surface area contributed by atoms with E-state index in [0.717, 1.165) is 25.9 Å². The lowest BCUT2D eigenvalue weighted by molar-refractivity contribution is -0.384. The summed E-state index contributed by atoms with van der Waals surface area (Å²) in [5.74, 6) is 0.0650. The third-order valence-corrected chi connectivity index (χ3v) is 3.19. The largest absolute Gasteiger partial charge is 0.342 e. The molecule has 1 aromatic carbocycles. The van der Waals surface area contributed by atoms with E-state index in [-0.39, 0.29) is 18.0 Å². The van der Waals surface area contributed by atoms with Crippen molar-refractivity contribution in [2.75, 3.05) is 13.1 Å². The van der Waals surface area contributed by atoms with Gasteiger partial charge in [-0.15, -0.1) is 0 Å². The summed E-state index contributed by atoms with van der Waals surface area (Å²) >= 11 is 0. The molecular weight excluding hydrogens is 232 g/mol. The van der Waals surface area contributed by atoms with Crippen LogP contribution in [0.2, 0.25) is 0 Å². The Morgan fingerprint density at radius 2 is 2.00 bits per heavy atom. The quantitative estimate of drug-likeness (QED) is 0.608. The first-order chi connectivity index (χ1) is 8.66. The number of nitro benzene ring substituents is 1. The molecule has 0 bridgehead atoms. The van der Waals surface area contributed by atoms with Crippen LogP contribution in [0.5, 0.6) is 0 Å². The highest BCUT2D eigenvalue weighted by Crippen LogP contribution is 2.15. The number of benzene rings is 1. The van der Waals surface area contributed by atoms with Gasteiger partial charge in [0.1, 0.15) is 0 Å². The van der Waals surface area contributed by atoms with Crippen molar-refractivity contribution >= 4 is 11.6 Å². The van der Waals surface area contributed by atoms with E-state index < -0.39 is 4.92 Å². The van der Waals surface area contributed by atoms with Gasteiger partial charge in [-0.05, 0) is 24.8 Å². The van der Waals surface area contributed by atoms with E-state index in [1.807, 2.05) is 4.90 Å². The number of carbonyl (C=O) groups is 1. The molecule has 0 aliphatic carbocycles. The van der Waals surface area contributed by atoms with Crippen molar-refractivity contribution in [3.63, 3.8) is 0 Å². The standard InChI is InChI=1S/C13H16N2O3/c16-13(14-7-2-1-3-8-14)10-11-5-4-6-12(9-11)15(17)18/h4-6,9H,1-3,7-8,10H2. The maximum absolute atomic E-state index is 12.0. The maximum atomic E-state index is 12.0. The minimum Gasteiger partial charge on any atom is -0.342 e. The van der Waals surface area contributed by atoms with Crippen LogP contribution in [0.25, 0.3) is 0 Å². The maximum Gasteiger partial charge on any atom is 0.269 e. The van der Waals surface area contributed by atoms with Crippen molar-refractivity contribution in [3.05, 3.63) is 39.9 Å². The number of carbonyl (C=O) groups excluding carboxylic acids is 1. The Balaban J connectivity index is 2.02. The summed E-state index contributed by atoms with van der Waals surface area (Å²) in [6, 6.07) is 6.29. The Kier molecular flexibility index (Phi) is 3.92. The molecule has 18 heavy (non-hydrogen) atoms. The summed E-state index contributed by atoms with van der Waals surface area (Å²) in [6.07, 6.45) is 3.55. The molecule has 2 rings (SSSR count). The number of likely N-dealkylation sites (tertiary alicyclic amines) is 1. The number of nitro groups is 1.